The maximum absolute atomic E-state index is 12.5. The summed E-state index contributed by atoms with van der Waals surface area (Å²) in [5.41, 5.74) is 1.66. The number of amides is 1. The number of nitrogens with one attached hydrogen (secondary N) is 1. The third kappa shape index (κ3) is 4.76. The fourth-order valence-electron chi connectivity index (χ4n) is 2.43. The number of hydrogen-bond acceptors (Lipinski definition) is 6. The molecule has 0 atom stereocenters. The molecule has 0 unspecified atom stereocenters. The van der Waals surface area contributed by atoms with Crippen molar-refractivity contribution in [3.8, 4) is 22.8 Å². The first kappa shape index (κ1) is 19.2. The van der Waals surface area contributed by atoms with Gasteiger partial charge in [0.2, 0.25) is 5.82 Å². The SMILES string of the molecule is C=CCOc1ccc(C(=O)Nc2nonc2-c2ccc(OCCC)cc2)cc1. The van der Waals surface area contributed by atoms with Crippen LogP contribution in [0.25, 0.3) is 11.3 Å². The summed E-state index contributed by atoms with van der Waals surface area (Å²) in [6, 6.07) is 14.1. The lowest BCUT2D eigenvalue weighted by Crippen LogP contribution is -2.12. The van der Waals surface area contributed by atoms with Gasteiger partial charge in [-0.1, -0.05) is 19.6 Å². The highest BCUT2D eigenvalue weighted by molar-refractivity contribution is 6.05. The van der Waals surface area contributed by atoms with E-state index in [9.17, 15) is 4.79 Å². The van der Waals surface area contributed by atoms with E-state index in [0.29, 0.717) is 30.2 Å². The van der Waals surface area contributed by atoms with Crippen LogP contribution in [0, 0.1) is 0 Å². The minimum atomic E-state index is -0.324. The summed E-state index contributed by atoms with van der Waals surface area (Å²) >= 11 is 0. The molecule has 2 aromatic carbocycles. The molecule has 1 aromatic heterocycles. The van der Waals surface area contributed by atoms with Crippen molar-refractivity contribution in [3.63, 3.8) is 0 Å². The Morgan fingerprint density at radius 2 is 1.75 bits per heavy atom. The van der Waals surface area contributed by atoms with E-state index in [4.69, 9.17) is 14.1 Å². The van der Waals surface area contributed by atoms with E-state index in [1.165, 1.54) is 0 Å². The number of anilines is 1. The van der Waals surface area contributed by atoms with E-state index in [1.807, 2.05) is 31.2 Å². The fraction of sp³-hybridized carbons (Fsp3) is 0.190. The normalized spacial score (nSPS) is 10.3. The molecule has 1 N–H and O–H groups in total. The predicted octanol–water partition coefficient (Wildman–Crippen LogP) is 4.34. The number of benzene rings is 2. The van der Waals surface area contributed by atoms with Crippen molar-refractivity contribution in [2.24, 2.45) is 0 Å². The molecule has 1 amide bonds. The molecule has 3 aromatic rings. The Balaban J connectivity index is 1.69. The molecule has 7 nitrogen and oxygen atoms in total. The highest BCUT2D eigenvalue weighted by atomic mass is 16.6. The molecule has 0 radical (unpaired) electrons. The zero-order valence-corrected chi connectivity index (χ0v) is 15.6. The summed E-state index contributed by atoms with van der Waals surface area (Å²) in [6.45, 7) is 6.71. The Hall–Kier alpha value is -3.61. The molecule has 28 heavy (non-hydrogen) atoms. The van der Waals surface area contributed by atoms with Crippen molar-refractivity contribution in [1.29, 1.82) is 0 Å². The van der Waals surface area contributed by atoms with Gasteiger partial charge in [0.25, 0.3) is 5.91 Å². The quantitative estimate of drug-likeness (QED) is 0.557. The standard InChI is InChI=1S/C21H21N3O4/c1-3-13-26-17-9-5-15(6-10-17)19-20(24-28-23-19)22-21(25)16-7-11-18(12-8-16)27-14-4-2/h4-12H,2-3,13-14H2,1H3,(H,22,24,25). The predicted molar refractivity (Wildman–Crippen MR) is 106 cm³/mol. The van der Waals surface area contributed by atoms with Crippen LogP contribution >= 0.6 is 0 Å². The van der Waals surface area contributed by atoms with E-state index < -0.39 is 0 Å². The first-order valence-electron chi connectivity index (χ1n) is 8.92. The van der Waals surface area contributed by atoms with Gasteiger partial charge in [-0.15, -0.1) is 0 Å². The molecule has 0 fully saturated rings. The molecule has 0 saturated carbocycles. The zero-order valence-electron chi connectivity index (χ0n) is 15.6. The highest BCUT2D eigenvalue weighted by Crippen LogP contribution is 2.27. The molecular weight excluding hydrogens is 358 g/mol. The zero-order chi connectivity index (χ0) is 19.8. The van der Waals surface area contributed by atoms with E-state index in [1.54, 1.807) is 30.3 Å². The Kier molecular flexibility index (Phi) is 6.41. The van der Waals surface area contributed by atoms with Crippen LogP contribution in [-0.4, -0.2) is 29.4 Å². The lowest BCUT2D eigenvalue weighted by Gasteiger charge is -2.07. The van der Waals surface area contributed by atoms with Gasteiger partial charge in [0, 0.05) is 11.1 Å². The Morgan fingerprint density at radius 3 is 2.43 bits per heavy atom. The first-order chi connectivity index (χ1) is 13.7. The van der Waals surface area contributed by atoms with Crippen LogP contribution in [0.2, 0.25) is 0 Å². The van der Waals surface area contributed by atoms with Gasteiger partial charge >= 0.3 is 0 Å². The summed E-state index contributed by atoms with van der Waals surface area (Å²) in [4.78, 5) is 12.5. The van der Waals surface area contributed by atoms with Crippen molar-refractivity contribution >= 4 is 11.7 Å². The summed E-state index contributed by atoms with van der Waals surface area (Å²) in [5, 5.41) is 10.4. The Morgan fingerprint density at radius 1 is 1.07 bits per heavy atom. The van der Waals surface area contributed by atoms with Gasteiger partial charge in [0.05, 0.1) is 6.61 Å². The highest BCUT2D eigenvalue weighted by Gasteiger charge is 2.16. The van der Waals surface area contributed by atoms with Gasteiger partial charge in [0.15, 0.2) is 5.69 Å². The van der Waals surface area contributed by atoms with Crippen molar-refractivity contribution in [2.45, 2.75) is 13.3 Å². The van der Waals surface area contributed by atoms with E-state index in [0.717, 1.165) is 17.7 Å². The lowest BCUT2D eigenvalue weighted by molar-refractivity contribution is 0.102. The average Bonchev–Trinajstić information content (AvgIpc) is 3.19. The van der Waals surface area contributed by atoms with Gasteiger partial charge in [-0.05, 0) is 65.3 Å². The molecule has 0 saturated heterocycles. The van der Waals surface area contributed by atoms with Crippen molar-refractivity contribution in [1.82, 2.24) is 10.3 Å². The lowest BCUT2D eigenvalue weighted by atomic mass is 10.1. The van der Waals surface area contributed by atoms with Crippen LogP contribution in [0.15, 0.2) is 65.8 Å². The van der Waals surface area contributed by atoms with Gasteiger partial charge in [-0.25, -0.2) is 4.63 Å². The van der Waals surface area contributed by atoms with Gasteiger partial charge in [-0.3, -0.25) is 4.79 Å². The molecule has 0 aliphatic carbocycles. The van der Waals surface area contributed by atoms with Crippen molar-refractivity contribution in [2.75, 3.05) is 18.5 Å². The minimum Gasteiger partial charge on any atom is -0.494 e. The summed E-state index contributed by atoms with van der Waals surface area (Å²) in [6.07, 6.45) is 2.59. The number of carbonyl (C=O) groups excluding carboxylic acids is 1. The summed E-state index contributed by atoms with van der Waals surface area (Å²) in [5.74, 6) is 1.35. The Labute approximate surface area is 162 Å². The van der Waals surface area contributed by atoms with Crippen molar-refractivity contribution < 1.29 is 18.9 Å². The van der Waals surface area contributed by atoms with Gasteiger partial charge in [-0.2, -0.15) is 0 Å². The third-order valence-electron chi connectivity index (χ3n) is 3.81. The monoisotopic (exact) mass is 379 g/mol. The van der Waals surface area contributed by atoms with Crippen molar-refractivity contribution in [3.05, 3.63) is 66.7 Å². The fourth-order valence-corrected chi connectivity index (χ4v) is 2.43. The third-order valence-corrected chi connectivity index (χ3v) is 3.81. The summed E-state index contributed by atoms with van der Waals surface area (Å²) < 4.78 is 15.8. The van der Waals surface area contributed by atoms with E-state index in [-0.39, 0.29) is 11.7 Å². The van der Waals surface area contributed by atoms with E-state index >= 15 is 0 Å². The minimum absolute atomic E-state index is 0.249. The molecule has 7 heteroatoms. The molecule has 3 rings (SSSR count). The van der Waals surface area contributed by atoms with E-state index in [2.05, 4.69) is 22.2 Å². The molecule has 0 aliphatic heterocycles. The molecular formula is C21H21N3O4. The van der Waals surface area contributed by atoms with Crippen LogP contribution in [0.1, 0.15) is 23.7 Å². The second kappa shape index (κ2) is 9.36. The second-order valence-electron chi connectivity index (χ2n) is 5.91. The first-order valence-corrected chi connectivity index (χ1v) is 8.92. The maximum atomic E-state index is 12.5. The molecule has 0 bridgehead atoms. The number of aromatic nitrogens is 2. The number of carbonyl (C=O) groups is 1. The number of ether oxygens (including phenoxy) is 2. The molecule has 0 aliphatic rings. The second-order valence-corrected chi connectivity index (χ2v) is 5.91. The maximum Gasteiger partial charge on any atom is 0.256 e. The van der Waals surface area contributed by atoms with Gasteiger partial charge < -0.3 is 14.8 Å². The molecule has 1 heterocycles. The van der Waals surface area contributed by atoms with Crippen LogP contribution < -0.4 is 14.8 Å². The number of nitrogens with zero attached hydrogens (tertiary/aromatic N) is 2. The largest absolute Gasteiger partial charge is 0.494 e. The molecule has 144 valence electrons. The van der Waals surface area contributed by atoms with Crippen LogP contribution in [0.3, 0.4) is 0 Å². The smallest absolute Gasteiger partial charge is 0.256 e. The van der Waals surface area contributed by atoms with Crippen LogP contribution in [-0.2, 0) is 0 Å². The van der Waals surface area contributed by atoms with Gasteiger partial charge in [0.1, 0.15) is 18.1 Å². The van der Waals surface area contributed by atoms with Crippen LogP contribution in [0.4, 0.5) is 5.82 Å². The number of rotatable bonds is 9. The van der Waals surface area contributed by atoms with Crippen LogP contribution in [0.5, 0.6) is 11.5 Å². The topological polar surface area (TPSA) is 86.5 Å². The Bertz CT molecular complexity index is 918. The number of hydrogen-bond donors (Lipinski definition) is 1. The summed E-state index contributed by atoms with van der Waals surface area (Å²) in [7, 11) is 0. The average molecular weight is 379 g/mol. The molecule has 0 spiro atoms.